The van der Waals surface area contributed by atoms with Gasteiger partial charge in [-0.2, -0.15) is 5.10 Å². The zero-order valence-electron chi connectivity index (χ0n) is 13.2. The molecule has 0 saturated carbocycles. The van der Waals surface area contributed by atoms with Crippen molar-refractivity contribution in [1.29, 1.82) is 0 Å². The molecule has 0 aliphatic heterocycles. The molecule has 4 heteroatoms. The summed E-state index contributed by atoms with van der Waals surface area (Å²) in [7, 11) is 0. The average molecular weight is 305 g/mol. The molecule has 0 spiro atoms. The highest BCUT2D eigenvalue weighted by atomic mass is 16.1. The lowest BCUT2D eigenvalue weighted by molar-refractivity contribution is 0.102. The van der Waals surface area contributed by atoms with Crippen LogP contribution < -0.4 is 5.32 Å². The van der Waals surface area contributed by atoms with Gasteiger partial charge in [-0.15, -0.1) is 0 Å². The SMILES string of the molecule is CC(C)c1ccccc1NC(=O)c1cnn(-c2ccccc2)c1. The van der Waals surface area contributed by atoms with Gasteiger partial charge in [0.15, 0.2) is 0 Å². The van der Waals surface area contributed by atoms with Gasteiger partial charge in [-0.1, -0.05) is 50.2 Å². The summed E-state index contributed by atoms with van der Waals surface area (Å²) < 4.78 is 1.70. The lowest BCUT2D eigenvalue weighted by Gasteiger charge is -2.12. The van der Waals surface area contributed by atoms with Crippen LogP contribution in [0.1, 0.15) is 35.7 Å². The number of carbonyl (C=O) groups is 1. The van der Waals surface area contributed by atoms with E-state index in [1.165, 1.54) is 0 Å². The third-order valence-electron chi connectivity index (χ3n) is 3.70. The fourth-order valence-electron chi connectivity index (χ4n) is 2.47. The Balaban J connectivity index is 1.81. The molecule has 0 unspecified atom stereocenters. The lowest BCUT2D eigenvalue weighted by atomic mass is 10.0. The quantitative estimate of drug-likeness (QED) is 0.783. The molecule has 1 N–H and O–H groups in total. The van der Waals surface area contributed by atoms with Gasteiger partial charge in [0.1, 0.15) is 0 Å². The molecule has 0 aliphatic carbocycles. The maximum atomic E-state index is 12.5. The molecule has 0 atom stereocenters. The molecule has 4 nitrogen and oxygen atoms in total. The van der Waals surface area contributed by atoms with E-state index in [0.717, 1.165) is 16.9 Å². The van der Waals surface area contributed by atoms with E-state index in [9.17, 15) is 4.79 Å². The van der Waals surface area contributed by atoms with Crippen molar-refractivity contribution < 1.29 is 4.79 Å². The number of anilines is 1. The van der Waals surface area contributed by atoms with Crippen molar-refractivity contribution in [2.75, 3.05) is 5.32 Å². The molecule has 0 fully saturated rings. The zero-order valence-corrected chi connectivity index (χ0v) is 13.2. The number of benzene rings is 2. The van der Waals surface area contributed by atoms with E-state index in [2.05, 4.69) is 24.3 Å². The molecule has 0 saturated heterocycles. The molecule has 0 aliphatic rings. The molecule has 1 amide bonds. The van der Waals surface area contributed by atoms with E-state index in [0.29, 0.717) is 11.5 Å². The van der Waals surface area contributed by atoms with Crippen LogP contribution >= 0.6 is 0 Å². The number of hydrogen-bond acceptors (Lipinski definition) is 2. The first kappa shape index (κ1) is 15.0. The summed E-state index contributed by atoms with van der Waals surface area (Å²) in [5.74, 6) is 0.193. The van der Waals surface area contributed by atoms with Crippen LogP contribution in [0.3, 0.4) is 0 Å². The smallest absolute Gasteiger partial charge is 0.258 e. The average Bonchev–Trinajstić information content (AvgIpc) is 3.06. The predicted molar refractivity (Wildman–Crippen MR) is 92.0 cm³/mol. The Morgan fingerprint density at radius 3 is 2.48 bits per heavy atom. The van der Waals surface area contributed by atoms with Crippen LogP contribution in [0, 0.1) is 0 Å². The summed E-state index contributed by atoms with van der Waals surface area (Å²) >= 11 is 0. The van der Waals surface area contributed by atoms with Gasteiger partial charge in [0.05, 0.1) is 17.4 Å². The van der Waals surface area contributed by atoms with Crippen molar-refractivity contribution in [3.63, 3.8) is 0 Å². The number of nitrogens with one attached hydrogen (secondary N) is 1. The monoisotopic (exact) mass is 305 g/mol. The van der Waals surface area contributed by atoms with Crippen molar-refractivity contribution in [3.05, 3.63) is 78.1 Å². The fourth-order valence-corrected chi connectivity index (χ4v) is 2.47. The van der Waals surface area contributed by atoms with Gasteiger partial charge >= 0.3 is 0 Å². The van der Waals surface area contributed by atoms with Crippen LogP contribution in [0.2, 0.25) is 0 Å². The first-order valence-electron chi connectivity index (χ1n) is 7.65. The summed E-state index contributed by atoms with van der Waals surface area (Å²) in [6, 6.07) is 17.6. The Kier molecular flexibility index (Phi) is 4.24. The van der Waals surface area contributed by atoms with E-state index in [1.54, 1.807) is 17.1 Å². The van der Waals surface area contributed by atoms with Gasteiger partial charge in [-0.3, -0.25) is 4.79 Å². The third kappa shape index (κ3) is 3.31. The molecular formula is C19H19N3O. The summed E-state index contributed by atoms with van der Waals surface area (Å²) in [4.78, 5) is 12.5. The van der Waals surface area contributed by atoms with Crippen LogP contribution in [-0.4, -0.2) is 15.7 Å². The van der Waals surface area contributed by atoms with Crippen molar-refractivity contribution in [3.8, 4) is 5.69 Å². The van der Waals surface area contributed by atoms with Crippen LogP contribution in [0.5, 0.6) is 0 Å². The Bertz CT molecular complexity index is 806. The van der Waals surface area contributed by atoms with E-state index < -0.39 is 0 Å². The summed E-state index contributed by atoms with van der Waals surface area (Å²) in [5.41, 5.74) is 3.43. The fraction of sp³-hybridized carbons (Fsp3) is 0.158. The molecule has 0 radical (unpaired) electrons. The van der Waals surface area contributed by atoms with Gasteiger partial charge in [0, 0.05) is 11.9 Å². The number of nitrogens with zero attached hydrogens (tertiary/aromatic N) is 2. The molecular weight excluding hydrogens is 286 g/mol. The predicted octanol–water partition coefficient (Wildman–Crippen LogP) is 4.25. The Morgan fingerprint density at radius 1 is 1.04 bits per heavy atom. The van der Waals surface area contributed by atoms with Gasteiger partial charge < -0.3 is 5.32 Å². The van der Waals surface area contributed by atoms with E-state index in [4.69, 9.17) is 0 Å². The van der Waals surface area contributed by atoms with Crippen LogP contribution in [0.15, 0.2) is 67.0 Å². The molecule has 1 aromatic heterocycles. The summed E-state index contributed by atoms with van der Waals surface area (Å²) in [6.45, 7) is 4.22. The van der Waals surface area contributed by atoms with Gasteiger partial charge in [-0.05, 0) is 29.7 Å². The molecule has 3 aromatic rings. The number of rotatable bonds is 4. The highest BCUT2D eigenvalue weighted by Crippen LogP contribution is 2.24. The summed E-state index contributed by atoms with van der Waals surface area (Å²) in [6.07, 6.45) is 3.32. The molecule has 2 aromatic carbocycles. The number of amides is 1. The normalized spacial score (nSPS) is 10.7. The minimum Gasteiger partial charge on any atom is -0.322 e. The Morgan fingerprint density at radius 2 is 1.74 bits per heavy atom. The Labute approximate surface area is 135 Å². The first-order chi connectivity index (χ1) is 11.1. The topological polar surface area (TPSA) is 46.9 Å². The summed E-state index contributed by atoms with van der Waals surface area (Å²) in [5, 5.41) is 7.24. The van der Waals surface area contributed by atoms with Gasteiger partial charge in [0.25, 0.3) is 5.91 Å². The second kappa shape index (κ2) is 6.48. The Hall–Kier alpha value is -2.88. The third-order valence-corrected chi connectivity index (χ3v) is 3.70. The van der Waals surface area contributed by atoms with Crippen molar-refractivity contribution in [1.82, 2.24) is 9.78 Å². The molecule has 23 heavy (non-hydrogen) atoms. The van der Waals surface area contributed by atoms with Crippen LogP contribution in [0.25, 0.3) is 5.69 Å². The standard InChI is InChI=1S/C19H19N3O/c1-14(2)17-10-6-7-11-18(17)21-19(23)15-12-20-22(13-15)16-8-4-3-5-9-16/h3-14H,1-2H3,(H,21,23). The van der Waals surface area contributed by atoms with Crippen LogP contribution in [-0.2, 0) is 0 Å². The van der Waals surface area contributed by atoms with Crippen molar-refractivity contribution in [2.45, 2.75) is 19.8 Å². The van der Waals surface area contributed by atoms with Crippen LogP contribution in [0.4, 0.5) is 5.69 Å². The first-order valence-corrected chi connectivity index (χ1v) is 7.65. The van der Waals surface area contributed by atoms with E-state index in [1.807, 2.05) is 54.6 Å². The maximum absolute atomic E-state index is 12.5. The second-order valence-corrected chi connectivity index (χ2v) is 5.71. The number of aromatic nitrogens is 2. The maximum Gasteiger partial charge on any atom is 0.258 e. The zero-order chi connectivity index (χ0) is 16.2. The second-order valence-electron chi connectivity index (χ2n) is 5.71. The minimum absolute atomic E-state index is 0.153. The lowest BCUT2D eigenvalue weighted by Crippen LogP contribution is -2.13. The molecule has 116 valence electrons. The van der Waals surface area contributed by atoms with E-state index >= 15 is 0 Å². The molecule has 1 heterocycles. The van der Waals surface area contributed by atoms with Crippen molar-refractivity contribution in [2.24, 2.45) is 0 Å². The van der Waals surface area contributed by atoms with Crippen molar-refractivity contribution >= 4 is 11.6 Å². The van der Waals surface area contributed by atoms with Gasteiger partial charge in [0.2, 0.25) is 0 Å². The number of hydrogen-bond donors (Lipinski definition) is 1. The number of carbonyl (C=O) groups excluding carboxylic acids is 1. The largest absolute Gasteiger partial charge is 0.322 e. The highest BCUT2D eigenvalue weighted by molar-refractivity contribution is 6.04. The van der Waals surface area contributed by atoms with Gasteiger partial charge in [-0.25, -0.2) is 4.68 Å². The highest BCUT2D eigenvalue weighted by Gasteiger charge is 2.13. The van der Waals surface area contributed by atoms with E-state index in [-0.39, 0.29) is 5.91 Å². The minimum atomic E-state index is -0.153. The number of para-hydroxylation sites is 2. The molecule has 3 rings (SSSR count). The molecule has 0 bridgehead atoms.